The van der Waals surface area contributed by atoms with Gasteiger partial charge in [0.2, 0.25) is 11.8 Å². The number of aromatic nitrogens is 1. The molecule has 1 N–H and O–H groups in total. The molecule has 1 amide bonds. The zero-order valence-electron chi connectivity index (χ0n) is 13.2. The summed E-state index contributed by atoms with van der Waals surface area (Å²) in [6.07, 6.45) is 6.35. The monoisotopic (exact) mass is 322 g/mol. The zero-order valence-corrected chi connectivity index (χ0v) is 13.2. The SMILES string of the molecule is O=C(Cc1coc(-c2ccccc2)n1)N[C@@H]1CCCc2occc21. The maximum absolute atomic E-state index is 12.3. The number of rotatable bonds is 4. The van der Waals surface area contributed by atoms with E-state index in [-0.39, 0.29) is 18.4 Å². The third-order valence-corrected chi connectivity index (χ3v) is 4.30. The van der Waals surface area contributed by atoms with E-state index in [0.717, 1.165) is 36.1 Å². The van der Waals surface area contributed by atoms with Crippen LogP contribution in [0.1, 0.15) is 35.9 Å². The molecule has 2 aromatic heterocycles. The number of hydrogen-bond acceptors (Lipinski definition) is 4. The third-order valence-electron chi connectivity index (χ3n) is 4.30. The van der Waals surface area contributed by atoms with Gasteiger partial charge < -0.3 is 14.2 Å². The minimum Gasteiger partial charge on any atom is -0.469 e. The number of benzene rings is 1. The number of oxazole rings is 1. The van der Waals surface area contributed by atoms with Crippen molar-refractivity contribution in [3.63, 3.8) is 0 Å². The third kappa shape index (κ3) is 2.97. The first kappa shape index (κ1) is 14.8. The smallest absolute Gasteiger partial charge is 0.226 e. The number of amides is 1. The van der Waals surface area contributed by atoms with Crippen molar-refractivity contribution in [3.8, 4) is 11.5 Å². The van der Waals surface area contributed by atoms with Gasteiger partial charge in [0.15, 0.2) is 0 Å². The summed E-state index contributed by atoms with van der Waals surface area (Å²) in [7, 11) is 0. The Labute approximate surface area is 139 Å². The van der Waals surface area contributed by atoms with Crippen LogP contribution in [0.25, 0.3) is 11.5 Å². The summed E-state index contributed by atoms with van der Waals surface area (Å²) in [5, 5.41) is 3.08. The molecular formula is C19H18N2O3. The summed E-state index contributed by atoms with van der Waals surface area (Å²) >= 11 is 0. The Morgan fingerprint density at radius 1 is 1.21 bits per heavy atom. The average molecular weight is 322 g/mol. The standard InChI is InChI=1S/C19H18N2O3/c22-18(21-16-7-4-8-17-15(16)9-10-23-17)11-14-12-24-19(20-14)13-5-2-1-3-6-13/h1-3,5-6,9-10,12,16H,4,7-8,11H2,(H,21,22)/t16-/m1/s1. The number of fused-ring (bicyclic) bond motifs is 1. The highest BCUT2D eigenvalue weighted by molar-refractivity contribution is 5.78. The van der Waals surface area contributed by atoms with Gasteiger partial charge in [-0.1, -0.05) is 18.2 Å². The van der Waals surface area contributed by atoms with Gasteiger partial charge in [-0.2, -0.15) is 0 Å². The number of nitrogens with one attached hydrogen (secondary N) is 1. The number of nitrogens with zero attached hydrogens (tertiary/aromatic N) is 1. The quantitative estimate of drug-likeness (QED) is 0.796. The van der Waals surface area contributed by atoms with Gasteiger partial charge >= 0.3 is 0 Å². The van der Waals surface area contributed by atoms with Crippen LogP contribution in [0.5, 0.6) is 0 Å². The number of carbonyl (C=O) groups excluding carboxylic acids is 1. The second-order valence-corrected chi connectivity index (χ2v) is 6.00. The van der Waals surface area contributed by atoms with Crippen LogP contribution in [-0.4, -0.2) is 10.9 Å². The van der Waals surface area contributed by atoms with Gasteiger partial charge in [0.25, 0.3) is 0 Å². The number of carbonyl (C=O) groups is 1. The molecule has 0 radical (unpaired) electrons. The zero-order chi connectivity index (χ0) is 16.4. The topological polar surface area (TPSA) is 68.3 Å². The van der Waals surface area contributed by atoms with Crippen molar-refractivity contribution >= 4 is 5.91 Å². The van der Waals surface area contributed by atoms with Crippen LogP contribution in [0.2, 0.25) is 0 Å². The van der Waals surface area contributed by atoms with Crippen LogP contribution in [0, 0.1) is 0 Å². The molecule has 0 unspecified atom stereocenters. The summed E-state index contributed by atoms with van der Waals surface area (Å²) in [6.45, 7) is 0. The highest BCUT2D eigenvalue weighted by Crippen LogP contribution is 2.30. The molecule has 0 fully saturated rings. The van der Waals surface area contributed by atoms with Crippen LogP contribution in [0.3, 0.4) is 0 Å². The van der Waals surface area contributed by atoms with Crippen molar-refractivity contribution in [2.45, 2.75) is 31.7 Å². The summed E-state index contributed by atoms with van der Waals surface area (Å²) in [5.41, 5.74) is 2.63. The lowest BCUT2D eigenvalue weighted by atomic mass is 9.93. The number of aryl methyl sites for hydroxylation is 1. The first-order chi connectivity index (χ1) is 11.8. The van der Waals surface area contributed by atoms with E-state index in [9.17, 15) is 4.79 Å². The second-order valence-electron chi connectivity index (χ2n) is 6.00. The van der Waals surface area contributed by atoms with Gasteiger partial charge in [-0.3, -0.25) is 4.79 Å². The Morgan fingerprint density at radius 2 is 2.08 bits per heavy atom. The van der Waals surface area contributed by atoms with Crippen molar-refractivity contribution in [1.29, 1.82) is 0 Å². The van der Waals surface area contributed by atoms with Crippen LogP contribution in [-0.2, 0) is 17.6 Å². The Hall–Kier alpha value is -2.82. The second kappa shape index (κ2) is 6.35. The van der Waals surface area contributed by atoms with E-state index in [4.69, 9.17) is 8.83 Å². The predicted octanol–water partition coefficient (Wildman–Crippen LogP) is 3.67. The number of hydrogen-bond donors (Lipinski definition) is 1. The molecule has 1 aliphatic rings. The van der Waals surface area contributed by atoms with E-state index < -0.39 is 0 Å². The first-order valence-corrected chi connectivity index (χ1v) is 8.15. The van der Waals surface area contributed by atoms with Gasteiger partial charge in [-0.05, 0) is 31.0 Å². The molecule has 1 atom stereocenters. The minimum atomic E-state index is -0.0537. The van der Waals surface area contributed by atoms with Crippen molar-refractivity contribution in [3.05, 3.63) is 65.9 Å². The fourth-order valence-corrected chi connectivity index (χ4v) is 3.15. The van der Waals surface area contributed by atoms with E-state index in [2.05, 4.69) is 10.3 Å². The molecule has 5 heteroatoms. The lowest BCUT2D eigenvalue weighted by Crippen LogP contribution is -2.31. The minimum absolute atomic E-state index is 0.0282. The molecule has 0 aliphatic heterocycles. The van der Waals surface area contributed by atoms with E-state index in [1.807, 2.05) is 36.4 Å². The fourth-order valence-electron chi connectivity index (χ4n) is 3.15. The van der Waals surface area contributed by atoms with Crippen molar-refractivity contribution in [2.24, 2.45) is 0 Å². The average Bonchev–Trinajstić information content (AvgIpc) is 3.25. The molecule has 2 heterocycles. The molecule has 5 nitrogen and oxygen atoms in total. The van der Waals surface area contributed by atoms with Crippen LogP contribution >= 0.6 is 0 Å². The molecule has 4 rings (SSSR count). The maximum atomic E-state index is 12.3. The molecule has 3 aromatic rings. The van der Waals surface area contributed by atoms with Crippen LogP contribution in [0.4, 0.5) is 0 Å². The van der Waals surface area contributed by atoms with E-state index in [0.29, 0.717) is 11.6 Å². The molecule has 1 aliphatic carbocycles. The highest BCUT2D eigenvalue weighted by Gasteiger charge is 2.24. The summed E-state index contributed by atoms with van der Waals surface area (Å²) in [6, 6.07) is 11.6. The van der Waals surface area contributed by atoms with Crippen LogP contribution < -0.4 is 5.32 Å². The Morgan fingerprint density at radius 3 is 2.96 bits per heavy atom. The highest BCUT2D eigenvalue weighted by atomic mass is 16.3. The van der Waals surface area contributed by atoms with Gasteiger partial charge in [-0.25, -0.2) is 4.98 Å². The summed E-state index contributed by atoms with van der Waals surface area (Å²) in [4.78, 5) is 16.7. The van der Waals surface area contributed by atoms with Crippen molar-refractivity contribution in [2.75, 3.05) is 0 Å². The Kier molecular flexibility index (Phi) is 3.91. The Balaban J connectivity index is 1.42. The largest absolute Gasteiger partial charge is 0.469 e. The maximum Gasteiger partial charge on any atom is 0.226 e. The summed E-state index contributed by atoms with van der Waals surface area (Å²) < 4.78 is 10.9. The van der Waals surface area contributed by atoms with Crippen molar-refractivity contribution < 1.29 is 13.6 Å². The fraction of sp³-hybridized carbons (Fsp3) is 0.263. The molecule has 122 valence electrons. The molecular weight excluding hydrogens is 304 g/mol. The molecule has 1 aromatic carbocycles. The van der Waals surface area contributed by atoms with Gasteiger partial charge in [0.1, 0.15) is 12.0 Å². The lowest BCUT2D eigenvalue weighted by Gasteiger charge is -2.22. The van der Waals surface area contributed by atoms with Gasteiger partial charge in [-0.15, -0.1) is 0 Å². The Bertz CT molecular complexity index is 835. The molecule has 0 bridgehead atoms. The first-order valence-electron chi connectivity index (χ1n) is 8.15. The molecule has 0 saturated heterocycles. The molecule has 0 saturated carbocycles. The molecule has 0 spiro atoms. The van der Waals surface area contributed by atoms with E-state index in [1.54, 1.807) is 12.5 Å². The van der Waals surface area contributed by atoms with E-state index in [1.165, 1.54) is 0 Å². The normalized spacial score (nSPS) is 16.6. The predicted molar refractivity (Wildman–Crippen MR) is 88.2 cm³/mol. The lowest BCUT2D eigenvalue weighted by molar-refractivity contribution is -0.121. The van der Waals surface area contributed by atoms with Crippen molar-refractivity contribution in [1.82, 2.24) is 10.3 Å². The van der Waals surface area contributed by atoms with Gasteiger partial charge in [0, 0.05) is 17.5 Å². The summed E-state index contributed by atoms with van der Waals surface area (Å²) in [5.74, 6) is 1.47. The molecule has 24 heavy (non-hydrogen) atoms. The number of furan rings is 1. The van der Waals surface area contributed by atoms with E-state index >= 15 is 0 Å². The van der Waals surface area contributed by atoms with Crippen LogP contribution in [0.15, 0.2) is 57.8 Å². The van der Waals surface area contributed by atoms with Gasteiger partial charge in [0.05, 0.1) is 24.4 Å².